The number of ether oxygens (including phenoxy) is 1. The summed E-state index contributed by atoms with van der Waals surface area (Å²) in [5.41, 5.74) is 0.416. The molecule has 0 saturated carbocycles. The van der Waals surface area contributed by atoms with Crippen LogP contribution in [0.2, 0.25) is 0 Å². The van der Waals surface area contributed by atoms with E-state index < -0.39 is 18.7 Å². The molecule has 22 heavy (non-hydrogen) atoms. The van der Waals surface area contributed by atoms with Crippen molar-refractivity contribution in [3.63, 3.8) is 0 Å². The molecule has 7 nitrogen and oxygen atoms in total. The summed E-state index contributed by atoms with van der Waals surface area (Å²) in [6.07, 6.45) is -1.78. The van der Waals surface area contributed by atoms with Crippen LogP contribution in [0.15, 0.2) is 21.5 Å². The quantitative estimate of drug-likeness (QED) is 0.739. The zero-order valence-corrected chi connectivity index (χ0v) is 13.8. The molecule has 0 aliphatic heterocycles. The first-order valence-electron chi connectivity index (χ1n) is 5.64. The first-order valence-corrected chi connectivity index (χ1v) is 7.22. The molecule has 2 rings (SSSR count). The molecule has 0 spiro atoms. The van der Waals surface area contributed by atoms with E-state index in [1.54, 1.807) is 0 Å². The monoisotopic (exact) mass is 445 g/mol. The molecule has 1 amide bonds. The zero-order chi connectivity index (χ0) is 16.3. The number of anilines is 1. The minimum atomic E-state index is -4.40. The minimum Gasteiger partial charge on any atom is -0.350 e. The Balaban J connectivity index is 1.92. The van der Waals surface area contributed by atoms with Crippen LogP contribution in [0, 0.1) is 0 Å². The number of amides is 1. The molecule has 0 aliphatic rings. The molecule has 2 heterocycles. The van der Waals surface area contributed by atoms with E-state index >= 15 is 0 Å². The maximum atomic E-state index is 11.9. The fourth-order valence-electron chi connectivity index (χ4n) is 1.40. The van der Waals surface area contributed by atoms with Crippen LogP contribution < -0.4 is 5.32 Å². The highest BCUT2D eigenvalue weighted by Gasteiger charge is 2.27. The molecular formula is C10H8Br2F3N5O2. The second kappa shape index (κ2) is 6.79. The molecule has 0 aromatic carbocycles. The Morgan fingerprint density at radius 2 is 2.18 bits per heavy atom. The van der Waals surface area contributed by atoms with E-state index in [1.165, 1.54) is 12.4 Å². The largest absolute Gasteiger partial charge is 0.411 e. The molecule has 2 N–H and O–H groups in total. The van der Waals surface area contributed by atoms with Gasteiger partial charge in [0.1, 0.15) is 17.9 Å². The van der Waals surface area contributed by atoms with Crippen LogP contribution in [-0.4, -0.2) is 38.7 Å². The van der Waals surface area contributed by atoms with Gasteiger partial charge in [-0.2, -0.15) is 23.4 Å². The van der Waals surface area contributed by atoms with E-state index in [9.17, 15) is 18.0 Å². The van der Waals surface area contributed by atoms with Crippen molar-refractivity contribution in [2.75, 3.05) is 11.9 Å². The van der Waals surface area contributed by atoms with E-state index in [2.05, 4.69) is 57.2 Å². The van der Waals surface area contributed by atoms with Gasteiger partial charge >= 0.3 is 6.18 Å². The number of carbonyl (C=O) groups is 1. The average Bonchev–Trinajstić information content (AvgIpc) is 2.97. The minimum absolute atomic E-state index is 0.118. The molecule has 0 fully saturated rings. The van der Waals surface area contributed by atoms with Gasteiger partial charge in [-0.3, -0.25) is 9.89 Å². The number of aromatic nitrogens is 4. The number of hydrogen-bond acceptors (Lipinski definition) is 4. The van der Waals surface area contributed by atoms with Crippen LogP contribution in [0.5, 0.6) is 0 Å². The van der Waals surface area contributed by atoms with Crippen molar-refractivity contribution >= 4 is 43.5 Å². The Kier molecular flexibility index (Phi) is 5.24. The number of nitrogens with one attached hydrogen (secondary N) is 2. The van der Waals surface area contributed by atoms with Gasteiger partial charge in [0.15, 0.2) is 5.69 Å². The predicted octanol–water partition coefficient (Wildman–Crippen LogP) is 2.92. The van der Waals surface area contributed by atoms with Crippen LogP contribution in [0.25, 0.3) is 0 Å². The van der Waals surface area contributed by atoms with Gasteiger partial charge in [0.25, 0.3) is 5.91 Å². The van der Waals surface area contributed by atoms with Crippen molar-refractivity contribution in [1.82, 2.24) is 20.0 Å². The maximum Gasteiger partial charge on any atom is 0.411 e. The lowest BCUT2D eigenvalue weighted by Crippen LogP contribution is -2.18. The number of H-pyrrole nitrogens is 1. The lowest BCUT2D eigenvalue weighted by atomic mass is 10.4. The van der Waals surface area contributed by atoms with Crippen LogP contribution >= 0.6 is 31.9 Å². The summed E-state index contributed by atoms with van der Waals surface area (Å²) >= 11 is 6.32. The molecule has 0 radical (unpaired) electrons. The van der Waals surface area contributed by atoms with Crippen LogP contribution in [-0.2, 0) is 11.5 Å². The van der Waals surface area contributed by atoms with Crippen molar-refractivity contribution in [2.24, 2.45) is 0 Å². The summed E-state index contributed by atoms with van der Waals surface area (Å²) in [6.45, 7) is -1.75. The molecule has 2 aromatic heterocycles. The smallest absolute Gasteiger partial charge is 0.350 e. The molecule has 12 heteroatoms. The third-order valence-corrected chi connectivity index (χ3v) is 4.14. The molecule has 2 aromatic rings. The van der Waals surface area contributed by atoms with E-state index in [0.717, 1.165) is 4.68 Å². The maximum absolute atomic E-state index is 11.9. The van der Waals surface area contributed by atoms with E-state index in [0.29, 0.717) is 14.8 Å². The second-order valence-electron chi connectivity index (χ2n) is 4.02. The Morgan fingerprint density at radius 3 is 2.77 bits per heavy atom. The normalized spacial score (nSPS) is 11.7. The fraction of sp³-hybridized carbons (Fsp3) is 0.300. The number of aromatic amines is 1. The number of carbonyl (C=O) groups excluding carboxylic acids is 1. The highest BCUT2D eigenvalue weighted by molar-refractivity contribution is 9.13. The SMILES string of the molecule is O=C(Nc1cnn(COCC(F)(F)F)c1)c1n[nH]c(Br)c1Br. The fourth-order valence-corrected chi connectivity index (χ4v) is 2.04. The summed E-state index contributed by atoms with van der Waals surface area (Å²) in [7, 11) is 0. The number of nitrogens with zero attached hydrogens (tertiary/aromatic N) is 3. The van der Waals surface area contributed by atoms with Gasteiger partial charge in [-0.25, -0.2) is 4.68 Å². The van der Waals surface area contributed by atoms with Crippen molar-refractivity contribution in [3.8, 4) is 0 Å². The third kappa shape index (κ3) is 4.55. The van der Waals surface area contributed by atoms with Gasteiger partial charge in [-0.05, 0) is 31.9 Å². The number of halogens is 5. The van der Waals surface area contributed by atoms with E-state index in [4.69, 9.17) is 0 Å². The summed E-state index contributed by atoms with van der Waals surface area (Å²) in [6, 6.07) is 0. The third-order valence-electron chi connectivity index (χ3n) is 2.26. The Morgan fingerprint density at radius 1 is 1.45 bits per heavy atom. The first-order chi connectivity index (χ1) is 10.3. The van der Waals surface area contributed by atoms with Gasteiger partial charge in [0, 0.05) is 0 Å². The molecule has 120 valence electrons. The molecular weight excluding hydrogens is 439 g/mol. The summed E-state index contributed by atoms with van der Waals surface area (Å²) in [5, 5.41) is 12.6. The van der Waals surface area contributed by atoms with Crippen molar-refractivity contribution in [1.29, 1.82) is 0 Å². The van der Waals surface area contributed by atoms with Crippen LogP contribution in [0.4, 0.5) is 18.9 Å². The highest BCUT2D eigenvalue weighted by Crippen LogP contribution is 2.24. The Labute approximate surface area is 138 Å². The van der Waals surface area contributed by atoms with E-state index in [-0.39, 0.29) is 12.4 Å². The molecule has 0 atom stereocenters. The lowest BCUT2D eigenvalue weighted by Gasteiger charge is -2.07. The molecule has 0 unspecified atom stereocenters. The molecule has 0 saturated heterocycles. The average molecular weight is 447 g/mol. The van der Waals surface area contributed by atoms with Crippen molar-refractivity contribution < 1.29 is 22.7 Å². The van der Waals surface area contributed by atoms with Gasteiger partial charge in [0.05, 0.1) is 22.6 Å². The standard InChI is InChI=1S/C10H8Br2F3N5O2/c11-6-7(18-19-8(6)12)9(21)17-5-1-16-20(2-5)4-22-3-10(13,14)15/h1-2H,3-4H2,(H,17,21)(H,18,19). The number of alkyl halides is 3. The molecule has 0 aliphatic carbocycles. The number of rotatable bonds is 5. The van der Waals surface area contributed by atoms with Gasteiger partial charge < -0.3 is 10.1 Å². The van der Waals surface area contributed by atoms with Gasteiger partial charge in [0.2, 0.25) is 0 Å². The van der Waals surface area contributed by atoms with Crippen LogP contribution in [0.1, 0.15) is 10.5 Å². The lowest BCUT2D eigenvalue weighted by molar-refractivity contribution is -0.182. The zero-order valence-electron chi connectivity index (χ0n) is 10.6. The van der Waals surface area contributed by atoms with Crippen molar-refractivity contribution in [2.45, 2.75) is 12.9 Å². The summed E-state index contributed by atoms with van der Waals surface area (Å²) < 4.78 is 42.3. The second-order valence-corrected chi connectivity index (χ2v) is 5.60. The van der Waals surface area contributed by atoms with Crippen molar-refractivity contribution in [3.05, 3.63) is 27.2 Å². The summed E-state index contributed by atoms with van der Waals surface area (Å²) in [5.74, 6) is -0.510. The Hall–Kier alpha value is -1.40. The van der Waals surface area contributed by atoms with E-state index in [1.807, 2.05) is 0 Å². The van der Waals surface area contributed by atoms with Crippen LogP contribution in [0.3, 0.4) is 0 Å². The first kappa shape index (κ1) is 17.0. The summed E-state index contributed by atoms with van der Waals surface area (Å²) in [4.78, 5) is 11.9. The molecule has 0 bridgehead atoms. The van der Waals surface area contributed by atoms with Gasteiger partial charge in [-0.1, -0.05) is 0 Å². The topological polar surface area (TPSA) is 84.8 Å². The Bertz CT molecular complexity index is 670. The van der Waals surface area contributed by atoms with Gasteiger partial charge in [-0.15, -0.1) is 0 Å². The number of hydrogen-bond donors (Lipinski definition) is 2. The highest BCUT2D eigenvalue weighted by atomic mass is 79.9. The predicted molar refractivity (Wildman–Crippen MR) is 76.2 cm³/mol.